The second-order valence-corrected chi connectivity index (χ2v) is 9.30. The molecule has 1 atom stereocenters. The van der Waals surface area contributed by atoms with E-state index in [1.807, 2.05) is 91.9 Å². The van der Waals surface area contributed by atoms with E-state index in [0.717, 1.165) is 29.5 Å². The van der Waals surface area contributed by atoms with Crippen molar-refractivity contribution in [3.63, 3.8) is 0 Å². The molecule has 3 nitrogen and oxygen atoms in total. The number of rotatable bonds is 9. The molecule has 156 valence electrons. The molecular weight excluding hydrogens is 390 g/mol. The minimum atomic E-state index is -3.66. The molecule has 0 N–H and O–H groups in total. The fraction of sp³-hybridized carbons (Fsp3) is 0.231. The zero-order chi connectivity index (χ0) is 21.4. The normalized spacial score (nSPS) is 13.0. The number of aryl methyl sites for hydroxylation is 1. The van der Waals surface area contributed by atoms with E-state index >= 15 is 0 Å². The highest BCUT2D eigenvalue weighted by Gasteiger charge is 2.30. The first-order chi connectivity index (χ1) is 14.5. The van der Waals surface area contributed by atoms with Crippen LogP contribution in [0.3, 0.4) is 0 Å². The van der Waals surface area contributed by atoms with Gasteiger partial charge in [-0.15, -0.1) is 0 Å². The molecule has 0 aliphatic carbocycles. The molecule has 3 aromatic rings. The number of unbranched alkanes of at least 4 members (excludes halogenated alkanes) is 1. The molecule has 3 aromatic carbocycles. The van der Waals surface area contributed by atoms with Gasteiger partial charge in [-0.2, -0.15) is 4.31 Å². The molecule has 30 heavy (non-hydrogen) atoms. The van der Waals surface area contributed by atoms with E-state index in [9.17, 15) is 8.42 Å². The summed E-state index contributed by atoms with van der Waals surface area (Å²) in [6.07, 6.45) is 5.71. The summed E-state index contributed by atoms with van der Waals surface area (Å²) in [5.41, 5.74) is 3.04. The fourth-order valence-corrected chi connectivity index (χ4v) is 4.97. The van der Waals surface area contributed by atoms with Crippen LogP contribution in [0.25, 0.3) is 6.08 Å². The minimum absolute atomic E-state index is 0.332. The van der Waals surface area contributed by atoms with Crippen molar-refractivity contribution in [3.8, 4) is 0 Å². The summed E-state index contributed by atoms with van der Waals surface area (Å²) in [6, 6.07) is 26.5. The first-order valence-electron chi connectivity index (χ1n) is 10.4. The summed E-state index contributed by atoms with van der Waals surface area (Å²) in [6.45, 7) is 4.50. The van der Waals surface area contributed by atoms with Gasteiger partial charge in [-0.05, 0) is 36.6 Å². The minimum Gasteiger partial charge on any atom is -0.207 e. The molecule has 0 aromatic heterocycles. The highest BCUT2D eigenvalue weighted by molar-refractivity contribution is 7.89. The summed E-state index contributed by atoms with van der Waals surface area (Å²) in [4.78, 5) is 0.332. The molecule has 0 aliphatic heterocycles. The van der Waals surface area contributed by atoms with Crippen LogP contribution in [-0.4, -0.2) is 19.3 Å². The van der Waals surface area contributed by atoms with E-state index in [2.05, 4.69) is 6.92 Å². The Morgan fingerprint density at radius 2 is 1.47 bits per heavy atom. The van der Waals surface area contributed by atoms with Crippen molar-refractivity contribution in [2.75, 3.05) is 6.54 Å². The Kier molecular flexibility index (Phi) is 7.61. The second kappa shape index (κ2) is 10.4. The third-order valence-electron chi connectivity index (χ3n) is 5.08. The molecule has 0 heterocycles. The molecule has 0 saturated heterocycles. The van der Waals surface area contributed by atoms with Crippen LogP contribution in [0, 0.1) is 6.92 Å². The third-order valence-corrected chi connectivity index (χ3v) is 6.98. The van der Waals surface area contributed by atoms with Gasteiger partial charge >= 0.3 is 0 Å². The maximum atomic E-state index is 13.7. The first kappa shape index (κ1) is 22.0. The number of sulfonamides is 1. The van der Waals surface area contributed by atoms with Gasteiger partial charge in [0.15, 0.2) is 0 Å². The number of benzene rings is 3. The van der Waals surface area contributed by atoms with E-state index in [0.29, 0.717) is 11.4 Å². The van der Waals surface area contributed by atoms with E-state index in [-0.39, 0.29) is 6.04 Å². The predicted octanol–water partition coefficient (Wildman–Crippen LogP) is 6.24. The summed E-state index contributed by atoms with van der Waals surface area (Å²) in [7, 11) is -3.66. The monoisotopic (exact) mass is 419 g/mol. The molecule has 0 aliphatic rings. The molecule has 0 bridgehead atoms. The van der Waals surface area contributed by atoms with Crippen molar-refractivity contribution in [2.24, 2.45) is 0 Å². The van der Waals surface area contributed by atoms with E-state index in [4.69, 9.17) is 0 Å². The first-order valence-corrected chi connectivity index (χ1v) is 11.8. The van der Waals surface area contributed by atoms with Crippen molar-refractivity contribution in [1.29, 1.82) is 0 Å². The van der Waals surface area contributed by atoms with Crippen molar-refractivity contribution >= 4 is 16.1 Å². The molecular formula is C26H29NO2S. The zero-order valence-corrected chi connectivity index (χ0v) is 18.4. The lowest BCUT2D eigenvalue weighted by atomic mass is 10.0. The molecule has 0 fully saturated rings. The Hall–Kier alpha value is -2.69. The average molecular weight is 420 g/mol. The van der Waals surface area contributed by atoms with Crippen LogP contribution in [0.4, 0.5) is 0 Å². The van der Waals surface area contributed by atoms with E-state index in [1.54, 1.807) is 16.4 Å². The molecule has 3 rings (SSSR count). The third kappa shape index (κ3) is 5.47. The van der Waals surface area contributed by atoms with E-state index < -0.39 is 10.0 Å². The van der Waals surface area contributed by atoms with Crippen LogP contribution in [0.15, 0.2) is 95.9 Å². The highest BCUT2D eigenvalue weighted by atomic mass is 32.2. The number of hydrogen-bond acceptors (Lipinski definition) is 2. The van der Waals surface area contributed by atoms with Gasteiger partial charge in [0, 0.05) is 6.54 Å². The van der Waals surface area contributed by atoms with Crippen LogP contribution in [0.1, 0.15) is 42.5 Å². The Morgan fingerprint density at radius 1 is 0.867 bits per heavy atom. The second-order valence-electron chi connectivity index (χ2n) is 7.41. The van der Waals surface area contributed by atoms with Gasteiger partial charge in [0.2, 0.25) is 10.0 Å². The fourth-order valence-electron chi connectivity index (χ4n) is 3.36. The van der Waals surface area contributed by atoms with Gasteiger partial charge in [0.1, 0.15) is 0 Å². The van der Waals surface area contributed by atoms with Gasteiger partial charge < -0.3 is 0 Å². The Bertz CT molecular complexity index is 1040. The molecule has 0 saturated carbocycles. The highest BCUT2D eigenvalue weighted by Crippen LogP contribution is 2.30. The Balaban J connectivity index is 2.07. The van der Waals surface area contributed by atoms with Crippen molar-refractivity contribution in [1.82, 2.24) is 4.31 Å². The summed E-state index contributed by atoms with van der Waals surface area (Å²) >= 11 is 0. The predicted molar refractivity (Wildman–Crippen MR) is 125 cm³/mol. The van der Waals surface area contributed by atoms with Gasteiger partial charge in [0.25, 0.3) is 0 Å². The number of hydrogen-bond donors (Lipinski definition) is 0. The standard InChI is InChI=1S/C26H29NO2S/c1-3-4-21-27(30(28,29)25-18-15-22(2)16-19-25)26(24-13-9-6-10-14-24)20-17-23-11-7-5-8-12-23/h5-20,26H,3-4,21H2,1-2H3/b20-17+. The Morgan fingerprint density at radius 3 is 2.07 bits per heavy atom. The largest absolute Gasteiger partial charge is 0.243 e. The quantitative estimate of drug-likeness (QED) is 0.412. The lowest BCUT2D eigenvalue weighted by molar-refractivity contribution is 0.361. The molecule has 4 heteroatoms. The summed E-state index contributed by atoms with van der Waals surface area (Å²) in [5.74, 6) is 0. The van der Waals surface area contributed by atoms with Crippen molar-refractivity contribution in [3.05, 3.63) is 108 Å². The summed E-state index contributed by atoms with van der Waals surface area (Å²) in [5, 5.41) is 0. The van der Waals surface area contributed by atoms with Crippen LogP contribution in [0.2, 0.25) is 0 Å². The smallest absolute Gasteiger partial charge is 0.207 e. The topological polar surface area (TPSA) is 37.4 Å². The maximum absolute atomic E-state index is 13.7. The lowest BCUT2D eigenvalue weighted by Gasteiger charge is -2.29. The maximum Gasteiger partial charge on any atom is 0.243 e. The van der Waals surface area contributed by atoms with Crippen molar-refractivity contribution in [2.45, 2.75) is 37.6 Å². The van der Waals surface area contributed by atoms with E-state index in [1.165, 1.54) is 0 Å². The van der Waals surface area contributed by atoms with Gasteiger partial charge in [-0.1, -0.05) is 104 Å². The molecule has 1 unspecified atom stereocenters. The van der Waals surface area contributed by atoms with Crippen molar-refractivity contribution < 1.29 is 8.42 Å². The van der Waals surface area contributed by atoms with Crippen LogP contribution >= 0.6 is 0 Å². The van der Waals surface area contributed by atoms with Crippen LogP contribution < -0.4 is 0 Å². The Labute approximate surface area is 180 Å². The lowest BCUT2D eigenvalue weighted by Crippen LogP contribution is -2.35. The number of nitrogens with zero attached hydrogens (tertiary/aromatic N) is 1. The van der Waals surface area contributed by atoms with Gasteiger partial charge in [-0.3, -0.25) is 0 Å². The van der Waals surface area contributed by atoms with Crippen LogP contribution in [-0.2, 0) is 10.0 Å². The van der Waals surface area contributed by atoms with Crippen LogP contribution in [0.5, 0.6) is 0 Å². The summed E-state index contributed by atoms with van der Waals surface area (Å²) < 4.78 is 29.0. The van der Waals surface area contributed by atoms with Gasteiger partial charge in [0.05, 0.1) is 10.9 Å². The zero-order valence-electron chi connectivity index (χ0n) is 17.6. The molecule has 0 spiro atoms. The molecule has 0 radical (unpaired) electrons. The average Bonchev–Trinajstić information content (AvgIpc) is 2.77. The van der Waals surface area contributed by atoms with Gasteiger partial charge in [-0.25, -0.2) is 8.42 Å². The molecule has 0 amide bonds. The SMILES string of the molecule is CCCCN(C(/C=C/c1ccccc1)c1ccccc1)S(=O)(=O)c1ccc(C)cc1.